The highest BCUT2D eigenvalue weighted by Crippen LogP contribution is 2.48. The van der Waals surface area contributed by atoms with E-state index in [2.05, 4.69) is 6.07 Å². The van der Waals surface area contributed by atoms with Crippen LogP contribution in [0.1, 0.15) is 35.1 Å². The molecule has 0 bridgehead atoms. The zero-order valence-electron chi connectivity index (χ0n) is 15.5. The van der Waals surface area contributed by atoms with Gasteiger partial charge in [-0.05, 0) is 29.3 Å². The van der Waals surface area contributed by atoms with Gasteiger partial charge in [0.05, 0.1) is 23.9 Å². The van der Waals surface area contributed by atoms with Crippen molar-refractivity contribution < 1.29 is 9.90 Å². The maximum atomic E-state index is 13.5. The zero-order valence-corrected chi connectivity index (χ0v) is 15.5. The zero-order chi connectivity index (χ0) is 19.7. The number of aliphatic hydroxyl groups is 1. The van der Waals surface area contributed by atoms with Crippen LogP contribution in [0, 0.1) is 11.3 Å². The molecule has 1 aliphatic heterocycles. The van der Waals surface area contributed by atoms with Crippen molar-refractivity contribution in [1.82, 2.24) is 0 Å². The molecule has 1 aliphatic rings. The summed E-state index contributed by atoms with van der Waals surface area (Å²) in [6.45, 7) is 2.25. The fourth-order valence-corrected chi connectivity index (χ4v) is 3.89. The first-order chi connectivity index (χ1) is 13.6. The summed E-state index contributed by atoms with van der Waals surface area (Å²) < 4.78 is 0. The highest BCUT2D eigenvalue weighted by Gasteiger charge is 2.53. The Balaban J connectivity index is 1.76. The summed E-state index contributed by atoms with van der Waals surface area (Å²) in [4.78, 5) is 15.1. The van der Waals surface area contributed by atoms with Gasteiger partial charge in [-0.25, -0.2) is 0 Å². The van der Waals surface area contributed by atoms with Crippen molar-refractivity contribution in [2.45, 2.75) is 25.0 Å². The van der Waals surface area contributed by atoms with E-state index in [4.69, 9.17) is 5.26 Å². The molecule has 0 fully saturated rings. The number of fused-ring (bicyclic) bond motifs is 1. The number of hydrogen-bond acceptors (Lipinski definition) is 3. The van der Waals surface area contributed by atoms with Crippen LogP contribution >= 0.6 is 0 Å². The molecule has 2 atom stereocenters. The second kappa shape index (κ2) is 6.95. The van der Waals surface area contributed by atoms with Gasteiger partial charge in [0.25, 0.3) is 5.91 Å². The van der Waals surface area contributed by atoms with E-state index in [0.29, 0.717) is 17.7 Å². The maximum Gasteiger partial charge on any atom is 0.264 e. The summed E-state index contributed by atoms with van der Waals surface area (Å²) in [5.74, 6) is -0.788. The smallest absolute Gasteiger partial charge is 0.264 e. The third kappa shape index (κ3) is 2.77. The molecular formula is C24H20N2O2. The van der Waals surface area contributed by atoms with Crippen molar-refractivity contribution in [3.05, 3.63) is 101 Å². The molecule has 0 saturated heterocycles. The lowest BCUT2D eigenvalue weighted by molar-refractivity contribution is -0.138. The number of nitrogens with zero attached hydrogens (tertiary/aromatic N) is 2. The van der Waals surface area contributed by atoms with E-state index in [1.807, 2.05) is 61.5 Å². The van der Waals surface area contributed by atoms with Gasteiger partial charge in [-0.2, -0.15) is 5.26 Å². The first kappa shape index (κ1) is 18.0. The topological polar surface area (TPSA) is 64.3 Å². The van der Waals surface area contributed by atoms with Crippen LogP contribution in [0.25, 0.3) is 0 Å². The molecule has 0 unspecified atom stereocenters. The summed E-state index contributed by atoms with van der Waals surface area (Å²) in [5.41, 5.74) is 2.06. The number of rotatable bonds is 4. The second-order valence-corrected chi connectivity index (χ2v) is 7.12. The Bertz CT molecular complexity index is 1050. The van der Waals surface area contributed by atoms with Crippen LogP contribution in [0.2, 0.25) is 0 Å². The van der Waals surface area contributed by atoms with Crippen molar-refractivity contribution in [1.29, 1.82) is 5.26 Å². The van der Waals surface area contributed by atoms with Gasteiger partial charge in [0, 0.05) is 11.5 Å². The van der Waals surface area contributed by atoms with E-state index < -0.39 is 11.5 Å². The van der Waals surface area contributed by atoms with E-state index >= 15 is 0 Å². The summed E-state index contributed by atoms with van der Waals surface area (Å²) >= 11 is 0. The van der Waals surface area contributed by atoms with E-state index in [1.165, 1.54) is 0 Å². The quantitative estimate of drug-likeness (QED) is 0.754. The third-order valence-corrected chi connectivity index (χ3v) is 5.53. The largest absolute Gasteiger partial charge is 0.375 e. The van der Waals surface area contributed by atoms with Crippen LogP contribution in [0.5, 0.6) is 0 Å². The van der Waals surface area contributed by atoms with E-state index in [-0.39, 0.29) is 5.91 Å². The van der Waals surface area contributed by atoms with Crippen molar-refractivity contribution in [3.63, 3.8) is 0 Å². The van der Waals surface area contributed by atoms with Crippen LogP contribution < -0.4 is 4.90 Å². The minimum absolute atomic E-state index is 0.325. The third-order valence-electron chi connectivity index (χ3n) is 5.53. The summed E-state index contributed by atoms with van der Waals surface area (Å²) in [6.07, 6.45) is 0. The van der Waals surface area contributed by atoms with E-state index in [9.17, 15) is 9.90 Å². The lowest BCUT2D eigenvalue weighted by Crippen LogP contribution is -2.43. The number of nitriles is 1. The molecular weight excluding hydrogens is 348 g/mol. The Morgan fingerprint density at radius 2 is 1.64 bits per heavy atom. The molecule has 3 aromatic rings. The van der Waals surface area contributed by atoms with Crippen LogP contribution in [-0.4, -0.2) is 11.0 Å². The van der Waals surface area contributed by atoms with E-state index in [0.717, 1.165) is 16.8 Å². The molecule has 1 heterocycles. The fourth-order valence-electron chi connectivity index (χ4n) is 3.89. The van der Waals surface area contributed by atoms with Crippen LogP contribution in [-0.2, 0) is 16.9 Å². The molecule has 0 aliphatic carbocycles. The molecule has 0 saturated carbocycles. The highest BCUT2D eigenvalue weighted by atomic mass is 16.3. The van der Waals surface area contributed by atoms with Gasteiger partial charge in [-0.3, -0.25) is 4.79 Å². The lowest BCUT2D eigenvalue weighted by Gasteiger charge is -2.30. The number of carbonyl (C=O) groups excluding carboxylic acids is 1. The molecule has 1 N–H and O–H groups in total. The Kier molecular flexibility index (Phi) is 4.46. The molecule has 138 valence electrons. The van der Waals surface area contributed by atoms with Crippen molar-refractivity contribution >= 4 is 11.6 Å². The summed E-state index contributed by atoms with van der Waals surface area (Å²) in [6, 6.07) is 26.3. The standard InChI is InChI=1S/C24H20N2O2/c1-17(20-13-11-18(15-25)12-14-20)24(28)21-9-5-6-10-22(21)26(23(24)27)16-19-7-3-2-4-8-19/h2-14,17,28H,16H2,1H3/t17-,24+/m0/s1. The summed E-state index contributed by atoms with van der Waals surface area (Å²) in [5, 5.41) is 20.7. The highest BCUT2D eigenvalue weighted by molar-refractivity contribution is 6.07. The van der Waals surface area contributed by atoms with Gasteiger partial charge in [0.15, 0.2) is 5.60 Å². The minimum atomic E-state index is -1.65. The van der Waals surface area contributed by atoms with Gasteiger partial charge < -0.3 is 10.0 Å². The molecule has 1 amide bonds. The first-order valence-electron chi connectivity index (χ1n) is 9.23. The number of para-hydroxylation sites is 1. The Morgan fingerprint density at radius 3 is 2.32 bits per heavy atom. The lowest BCUT2D eigenvalue weighted by atomic mass is 9.79. The SMILES string of the molecule is C[C@@H](c1ccc(C#N)cc1)[C@]1(O)C(=O)N(Cc2ccccc2)c2ccccc21. The normalized spacial score (nSPS) is 19.2. The average Bonchev–Trinajstić information content (AvgIpc) is 2.97. The maximum absolute atomic E-state index is 13.5. The van der Waals surface area contributed by atoms with Crippen LogP contribution in [0.4, 0.5) is 5.69 Å². The predicted octanol–water partition coefficient (Wildman–Crippen LogP) is 4.10. The number of hydrogen-bond donors (Lipinski definition) is 1. The molecule has 0 aromatic heterocycles. The molecule has 3 aromatic carbocycles. The Labute approximate surface area is 164 Å². The van der Waals surface area contributed by atoms with E-state index in [1.54, 1.807) is 29.2 Å². The van der Waals surface area contributed by atoms with Gasteiger partial charge in [0.1, 0.15) is 0 Å². The monoisotopic (exact) mass is 368 g/mol. The molecule has 4 heteroatoms. The molecule has 28 heavy (non-hydrogen) atoms. The van der Waals surface area contributed by atoms with Gasteiger partial charge in [0.2, 0.25) is 0 Å². The first-order valence-corrected chi connectivity index (χ1v) is 9.23. The van der Waals surface area contributed by atoms with Gasteiger partial charge in [-0.15, -0.1) is 0 Å². The number of amides is 1. The number of benzene rings is 3. The van der Waals surface area contributed by atoms with Crippen molar-refractivity contribution in [2.75, 3.05) is 4.90 Å². The van der Waals surface area contributed by atoms with Crippen LogP contribution in [0.3, 0.4) is 0 Å². The number of carbonyl (C=O) groups is 1. The summed E-state index contributed by atoms with van der Waals surface area (Å²) in [7, 11) is 0. The molecule has 0 radical (unpaired) electrons. The number of anilines is 1. The predicted molar refractivity (Wildman–Crippen MR) is 108 cm³/mol. The molecule has 4 rings (SSSR count). The van der Waals surface area contributed by atoms with Crippen molar-refractivity contribution in [2.24, 2.45) is 0 Å². The second-order valence-electron chi connectivity index (χ2n) is 7.12. The van der Waals surface area contributed by atoms with Crippen LogP contribution in [0.15, 0.2) is 78.9 Å². The minimum Gasteiger partial charge on any atom is -0.375 e. The molecule has 4 nitrogen and oxygen atoms in total. The Hall–Kier alpha value is -3.42. The molecule has 0 spiro atoms. The average molecular weight is 368 g/mol. The Morgan fingerprint density at radius 1 is 1.00 bits per heavy atom. The van der Waals surface area contributed by atoms with Gasteiger partial charge in [-0.1, -0.05) is 67.6 Å². The van der Waals surface area contributed by atoms with Crippen molar-refractivity contribution in [3.8, 4) is 6.07 Å². The fraction of sp³-hybridized carbons (Fsp3) is 0.167. The van der Waals surface area contributed by atoms with Gasteiger partial charge >= 0.3 is 0 Å².